The van der Waals surface area contributed by atoms with E-state index < -0.39 is 24.0 Å². The lowest BCUT2D eigenvalue weighted by Crippen LogP contribution is -2.42. The number of halogens is 4. The largest absolute Gasteiger partial charge is 0.418 e. The number of nitriles is 1. The second-order valence-corrected chi connectivity index (χ2v) is 7.95. The van der Waals surface area contributed by atoms with Crippen molar-refractivity contribution >= 4 is 22.5 Å². The Morgan fingerprint density at radius 2 is 2.10 bits per heavy atom. The molecule has 2 saturated heterocycles. The first-order valence-corrected chi connectivity index (χ1v) is 10.0. The van der Waals surface area contributed by atoms with Crippen LogP contribution in [0.5, 0.6) is 0 Å². The molecule has 2 aliphatic heterocycles. The summed E-state index contributed by atoms with van der Waals surface area (Å²) >= 11 is 0. The number of nitrogens with zero attached hydrogens (tertiary/aromatic N) is 4. The van der Waals surface area contributed by atoms with E-state index in [2.05, 4.69) is 10.3 Å². The van der Waals surface area contributed by atoms with Crippen LogP contribution in [0.1, 0.15) is 18.4 Å². The van der Waals surface area contributed by atoms with Gasteiger partial charge in [-0.15, -0.1) is 0 Å². The number of benzene rings is 1. The Hall–Kier alpha value is -2.93. The monoisotopic (exact) mass is 435 g/mol. The van der Waals surface area contributed by atoms with Gasteiger partial charge in [0.15, 0.2) is 0 Å². The van der Waals surface area contributed by atoms with E-state index in [1.807, 2.05) is 11.0 Å². The summed E-state index contributed by atoms with van der Waals surface area (Å²) < 4.78 is 53.4. The van der Waals surface area contributed by atoms with Crippen LogP contribution < -0.4 is 5.32 Å². The molecule has 4 rings (SSSR count). The smallest absolute Gasteiger partial charge is 0.380 e. The van der Waals surface area contributed by atoms with Crippen LogP contribution in [0.25, 0.3) is 10.9 Å². The number of carbonyl (C=O) groups excluding carboxylic acids is 1. The van der Waals surface area contributed by atoms with Crippen molar-refractivity contribution in [1.82, 2.24) is 14.8 Å². The zero-order valence-electron chi connectivity index (χ0n) is 16.6. The molecule has 10 heteroatoms. The summed E-state index contributed by atoms with van der Waals surface area (Å²) in [6, 6.07) is 6.80. The Labute approximate surface area is 176 Å². The molecular formula is C21H21F4N5O. The van der Waals surface area contributed by atoms with Gasteiger partial charge in [-0.05, 0) is 30.7 Å². The highest BCUT2D eigenvalue weighted by atomic mass is 19.4. The number of hydrogen-bond acceptors (Lipinski definition) is 5. The topological polar surface area (TPSA) is 72.3 Å². The average Bonchev–Trinajstić information content (AvgIpc) is 3.33. The van der Waals surface area contributed by atoms with E-state index in [9.17, 15) is 22.4 Å². The predicted octanol–water partition coefficient (Wildman–Crippen LogP) is 3.20. The highest BCUT2D eigenvalue weighted by Crippen LogP contribution is 2.36. The summed E-state index contributed by atoms with van der Waals surface area (Å²) in [6.45, 7) is 1.15. The van der Waals surface area contributed by atoms with Crippen LogP contribution in [-0.4, -0.2) is 65.1 Å². The first kappa shape index (κ1) is 21.3. The molecule has 1 aromatic carbocycles. The molecule has 0 spiro atoms. The van der Waals surface area contributed by atoms with E-state index in [0.717, 1.165) is 6.07 Å². The number of nitrogens with one attached hydrogen (secondary N) is 1. The Morgan fingerprint density at radius 3 is 2.84 bits per heavy atom. The van der Waals surface area contributed by atoms with Crippen molar-refractivity contribution in [3.63, 3.8) is 0 Å². The summed E-state index contributed by atoms with van der Waals surface area (Å²) in [6.07, 6.45) is -3.60. The lowest BCUT2D eigenvalue weighted by Gasteiger charge is -2.23. The lowest BCUT2D eigenvalue weighted by atomic mass is 10.1. The number of alkyl halides is 4. The molecule has 164 valence electrons. The maximum atomic E-state index is 13.6. The van der Waals surface area contributed by atoms with Crippen molar-refractivity contribution in [2.24, 2.45) is 0 Å². The number of fused-ring (bicyclic) bond motifs is 1. The number of amides is 1. The molecule has 2 aliphatic rings. The molecule has 0 aliphatic carbocycles. The van der Waals surface area contributed by atoms with Crippen LogP contribution in [0.3, 0.4) is 0 Å². The van der Waals surface area contributed by atoms with Crippen LogP contribution >= 0.6 is 0 Å². The molecule has 3 heterocycles. The van der Waals surface area contributed by atoms with Crippen molar-refractivity contribution < 1.29 is 22.4 Å². The van der Waals surface area contributed by atoms with Crippen molar-refractivity contribution in [3.8, 4) is 6.07 Å². The van der Waals surface area contributed by atoms with Gasteiger partial charge < -0.3 is 10.2 Å². The van der Waals surface area contributed by atoms with Gasteiger partial charge in [0.25, 0.3) is 0 Å². The van der Waals surface area contributed by atoms with E-state index in [-0.39, 0.29) is 37.0 Å². The normalized spacial score (nSPS) is 24.5. The van der Waals surface area contributed by atoms with Crippen LogP contribution in [-0.2, 0) is 11.0 Å². The molecule has 0 radical (unpaired) electrons. The van der Waals surface area contributed by atoms with Gasteiger partial charge in [-0.2, -0.15) is 18.4 Å². The number of aromatic nitrogens is 1. The van der Waals surface area contributed by atoms with Gasteiger partial charge in [0.2, 0.25) is 5.91 Å². The van der Waals surface area contributed by atoms with Gasteiger partial charge in [-0.25, -0.2) is 4.39 Å². The van der Waals surface area contributed by atoms with Crippen LogP contribution in [0.15, 0.2) is 30.5 Å². The summed E-state index contributed by atoms with van der Waals surface area (Å²) in [5.74, 6) is -0.281. The summed E-state index contributed by atoms with van der Waals surface area (Å²) in [7, 11) is 0. The number of rotatable bonds is 4. The zero-order valence-corrected chi connectivity index (χ0v) is 16.6. The molecular weight excluding hydrogens is 414 g/mol. The van der Waals surface area contributed by atoms with Crippen LogP contribution in [0, 0.1) is 11.3 Å². The second-order valence-electron chi connectivity index (χ2n) is 7.95. The maximum Gasteiger partial charge on any atom is 0.418 e. The van der Waals surface area contributed by atoms with Gasteiger partial charge >= 0.3 is 6.18 Å². The average molecular weight is 435 g/mol. The quantitative estimate of drug-likeness (QED) is 0.747. The van der Waals surface area contributed by atoms with Gasteiger partial charge in [0.1, 0.15) is 12.2 Å². The summed E-state index contributed by atoms with van der Waals surface area (Å²) in [5, 5.41) is 12.8. The van der Waals surface area contributed by atoms with E-state index in [0.29, 0.717) is 30.6 Å². The van der Waals surface area contributed by atoms with Crippen molar-refractivity contribution in [2.75, 3.05) is 31.5 Å². The van der Waals surface area contributed by atoms with Gasteiger partial charge in [0, 0.05) is 42.8 Å². The van der Waals surface area contributed by atoms with Crippen molar-refractivity contribution in [1.29, 1.82) is 5.26 Å². The molecule has 0 bridgehead atoms. The van der Waals surface area contributed by atoms with Crippen molar-refractivity contribution in [2.45, 2.75) is 37.3 Å². The molecule has 0 unspecified atom stereocenters. The van der Waals surface area contributed by atoms with Gasteiger partial charge in [-0.1, -0.05) is 0 Å². The van der Waals surface area contributed by atoms with E-state index >= 15 is 0 Å². The fourth-order valence-corrected chi connectivity index (χ4v) is 4.31. The molecule has 3 atom stereocenters. The number of hydrogen-bond donors (Lipinski definition) is 1. The van der Waals surface area contributed by atoms with E-state index in [1.54, 1.807) is 12.1 Å². The fraction of sp³-hybridized carbons (Fsp3) is 0.476. The molecule has 0 saturated carbocycles. The first-order chi connectivity index (χ1) is 14.8. The minimum absolute atomic E-state index is 0.0431. The number of likely N-dealkylation sites (tertiary alicyclic amines) is 2. The molecule has 6 nitrogen and oxygen atoms in total. The number of anilines is 1. The maximum absolute atomic E-state index is 13.6. The summed E-state index contributed by atoms with van der Waals surface area (Å²) in [4.78, 5) is 19.6. The molecule has 2 fully saturated rings. The summed E-state index contributed by atoms with van der Waals surface area (Å²) in [5.41, 5.74) is -0.336. The third-order valence-electron chi connectivity index (χ3n) is 5.79. The van der Waals surface area contributed by atoms with Gasteiger partial charge in [0.05, 0.1) is 30.2 Å². The Morgan fingerprint density at radius 1 is 1.29 bits per heavy atom. The number of carbonyl (C=O) groups is 1. The highest BCUT2D eigenvalue weighted by Gasteiger charge is 2.37. The second kappa shape index (κ2) is 8.30. The standard InChI is InChI=1S/C21H21F4N5O/c22-13-8-15(9-26)30(10-13)19(31)12-29-7-5-14(11-29)28-18-4-3-17(21(23,24)25)20-16(18)2-1-6-27-20/h1-4,6,13-15,28H,5,7-8,10-12H2/t13-,14-,15-/m0/s1. The fourth-order valence-electron chi connectivity index (χ4n) is 4.31. The molecule has 2 aromatic rings. The molecule has 1 amide bonds. The van der Waals surface area contributed by atoms with E-state index in [4.69, 9.17) is 5.26 Å². The minimum atomic E-state index is -4.49. The van der Waals surface area contributed by atoms with Crippen LogP contribution in [0.2, 0.25) is 0 Å². The molecule has 31 heavy (non-hydrogen) atoms. The van der Waals surface area contributed by atoms with Gasteiger partial charge in [-0.3, -0.25) is 14.7 Å². The van der Waals surface area contributed by atoms with Crippen LogP contribution in [0.4, 0.5) is 23.2 Å². The minimum Gasteiger partial charge on any atom is -0.380 e. The Kier molecular flexibility index (Phi) is 5.71. The highest BCUT2D eigenvalue weighted by molar-refractivity contribution is 5.93. The van der Waals surface area contributed by atoms with Crippen molar-refractivity contribution in [3.05, 3.63) is 36.0 Å². The first-order valence-electron chi connectivity index (χ1n) is 10.0. The lowest BCUT2D eigenvalue weighted by molar-refractivity contribution is -0.136. The zero-order chi connectivity index (χ0) is 22.2. The SMILES string of the molecule is N#C[C@@H]1C[C@H](F)CN1C(=O)CN1CC[C@H](Nc2ccc(C(F)(F)F)c3ncccc23)C1. The van der Waals surface area contributed by atoms with E-state index in [1.165, 1.54) is 17.2 Å². The number of pyridine rings is 1. The predicted molar refractivity (Wildman–Crippen MR) is 106 cm³/mol. The Bertz CT molecular complexity index is 1020. The Balaban J connectivity index is 1.43. The third-order valence-corrected chi connectivity index (χ3v) is 5.79. The molecule has 1 N–H and O–H groups in total. The molecule has 1 aromatic heterocycles. The third kappa shape index (κ3) is 4.42.